The van der Waals surface area contributed by atoms with Crippen molar-refractivity contribution in [3.05, 3.63) is 70.3 Å². The van der Waals surface area contributed by atoms with Gasteiger partial charge in [-0.3, -0.25) is 0 Å². The van der Waals surface area contributed by atoms with Crippen molar-refractivity contribution in [1.82, 2.24) is 0 Å². The smallest absolute Gasteiger partial charge is 0.161 e. The first kappa shape index (κ1) is 12.2. The van der Waals surface area contributed by atoms with E-state index in [0.717, 1.165) is 22.2 Å². The van der Waals surface area contributed by atoms with Gasteiger partial charge in [-0.2, -0.15) is 4.39 Å². The molecule has 2 rings (SSSR count). The lowest BCUT2D eigenvalue weighted by atomic mass is 10.2. The molecular weight excluding hydrogens is 255 g/mol. The van der Waals surface area contributed by atoms with E-state index in [1.165, 1.54) is 6.08 Å². The van der Waals surface area contributed by atoms with Crippen LogP contribution in [-0.4, -0.2) is 0 Å². The highest BCUT2D eigenvalue weighted by molar-refractivity contribution is 8.03. The van der Waals surface area contributed by atoms with Gasteiger partial charge in [0, 0.05) is 9.92 Å². The van der Waals surface area contributed by atoms with E-state index in [2.05, 4.69) is 0 Å². The summed E-state index contributed by atoms with van der Waals surface area (Å²) in [5.74, 6) is 0. The van der Waals surface area contributed by atoms with Gasteiger partial charge in [0.05, 0.1) is 0 Å². The summed E-state index contributed by atoms with van der Waals surface area (Å²) in [5, 5.41) is 0.356. The summed E-state index contributed by atoms with van der Waals surface area (Å²) < 4.78 is 13.7. The molecule has 0 atom stereocenters. The van der Waals surface area contributed by atoms with Gasteiger partial charge in [0.1, 0.15) is 0 Å². The maximum atomic E-state index is 13.7. The molecule has 0 aliphatic carbocycles. The average Bonchev–Trinajstić information content (AvgIpc) is 2.30. The van der Waals surface area contributed by atoms with Gasteiger partial charge < -0.3 is 0 Å². The van der Waals surface area contributed by atoms with Crippen LogP contribution in [0, 0.1) is 0 Å². The molecule has 0 nitrogen and oxygen atoms in total. The van der Waals surface area contributed by atoms with Crippen LogP contribution in [0.15, 0.2) is 64.7 Å². The third kappa shape index (κ3) is 3.91. The lowest BCUT2D eigenvalue weighted by molar-refractivity contribution is 0.706. The summed E-state index contributed by atoms with van der Waals surface area (Å²) in [6, 6.07) is 16.5. The number of thioether (sulfide) groups is 1. The molecule has 0 amide bonds. The SMILES string of the molecule is FC(=Cc1cccc(Cl)c1)Sc1ccccc1. The Hall–Kier alpha value is -1.25. The molecule has 0 aliphatic heterocycles. The lowest BCUT2D eigenvalue weighted by Crippen LogP contribution is -1.74. The zero-order chi connectivity index (χ0) is 12.1. The molecule has 0 N–H and O–H groups in total. The predicted octanol–water partition coefficient (Wildman–Crippen LogP) is 5.40. The van der Waals surface area contributed by atoms with Gasteiger partial charge >= 0.3 is 0 Å². The van der Waals surface area contributed by atoms with E-state index in [9.17, 15) is 4.39 Å². The van der Waals surface area contributed by atoms with Crippen LogP contribution in [0.2, 0.25) is 5.02 Å². The Morgan fingerprint density at radius 2 is 1.82 bits per heavy atom. The molecule has 3 heteroatoms. The van der Waals surface area contributed by atoms with Crippen molar-refractivity contribution in [1.29, 1.82) is 0 Å². The van der Waals surface area contributed by atoms with E-state index in [0.29, 0.717) is 5.02 Å². The summed E-state index contributed by atoms with van der Waals surface area (Å²) >= 11 is 6.93. The van der Waals surface area contributed by atoms with Gasteiger partial charge in [-0.05, 0) is 35.9 Å². The molecular formula is C14H10ClFS. The van der Waals surface area contributed by atoms with E-state index in [-0.39, 0.29) is 5.16 Å². The molecule has 0 heterocycles. The minimum Gasteiger partial charge on any atom is -0.199 e. The van der Waals surface area contributed by atoms with Crippen molar-refractivity contribution < 1.29 is 4.39 Å². The van der Waals surface area contributed by atoms with Gasteiger partial charge in [-0.1, -0.05) is 53.7 Å². The van der Waals surface area contributed by atoms with Crippen LogP contribution >= 0.6 is 23.4 Å². The third-order valence-corrected chi connectivity index (χ3v) is 3.14. The average molecular weight is 265 g/mol. The maximum Gasteiger partial charge on any atom is 0.161 e. The van der Waals surface area contributed by atoms with Crippen LogP contribution < -0.4 is 0 Å². The third-order valence-electron chi connectivity index (χ3n) is 2.09. The Morgan fingerprint density at radius 3 is 2.53 bits per heavy atom. The standard InChI is InChI=1S/C14H10ClFS/c15-12-6-4-5-11(9-12)10-14(16)17-13-7-2-1-3-8-13/h1-10H. The second kappa shape index (κ2) is 5.89. The van der Waals surface area contributed by atoms with E-state index >= 15 is 0 Å². The minimum absolute atomic E-state index is 0.251. The number of hydrogen-bond donors (Lipinski definition) is 0. The van der Waals surface area contributed by atoms with Crippen LogP contribution in [0.25, 0.3) is 6.08 Å². The summed E-state index contributed by atoms with van der Waals surface area (Å²) in [6.45, 7) is 0. The summed E-state index contributed by atoms with van der Waals surface area (Å²) in [6.07, 6.45) is 1.48. The largest absolute Gasteiger partial charge is 0.199 e. The second-order valence-corrected chi connectivity index (χ2v) is 4.92. The Kier molecular flexibility index (Phi) is 4.24. The van der Waals surface area contributed by atoms with E-state index in [1.54, 1.807) is 18.2 Å². The molecule has 0 aromatic heterocycles. The van der Waals surface area contributed by atoms with Gasteiger partial charge in [-0.25, -0.2) is 0 Å². The summed E-state index contributed by atoms with van der Waals surface area (Å²) in [4.78, 5) is 0.878. The number of benzene rings is 2. The Morgan fingerprint density at radius 1 is 1.06 bits per heavy atom. The fourth-order valence-electron chi connectivity index (χ4n) is 1.36. The molecule has 0 saturated carbocycles. The highest BCUT2D eigenvalue weighted by Gasteiger charge is 1.99. The predicted molar refractivity (Wildman–Crippen MR) is 72.8 cm³/mol. The summed E-state index contributed by atoms with van der Waals surface area (Å²) in [7, 11) is 0. The van der Waals surface area contributed by atoms with Gasteiger partial charge in [0.2, 0.25) is 0 Å². The van der Waals surface area contributed by atoms with Crippen LogP contribution in [0.3, 0.4) is 0 Å². The molecule has 0 unspecified atom stereocenters. The normalized spacial score (nSPS) is 11.5. The highest BCUT2D eigenvalue weighted by Crippen LogP contribution is 2.29. The second-order valence-electron chi connectivity index (χ2n) is 3.42. The molecule has 2 aromatic carbocycles. The van der Waals surface area contributed by atoms with E-state index in [1.807, 2.05) is 36.4 Å². The van der Waals surface area contributed by atoms with Gasteiger partial charge in [0.25, 0.3) is 0 Å². The molecule has 0 radical (unpaired) electrons. The number of hydrogen-bond acceptors (Lipinski definition) is 1. The first-order valence-corrected chi connectivity index (χ1v) is 6.29. The van der Waals surface area contributed by atoms with Crippen LogP contribution in [0.4, 0.5) is 4.39 Å². The van der Waals surface area contributed by atoms with E-state index in [4.69, 9.17) is 11.6 Å². The van der Waals surface area contributed by atoms with Crippen LogP contribution in [0.5, 0.6) is 0 Å². The molecule has 0 aliphatic rings. The Balaban J connectivity index is 2.12. The fraction of sp³-hybridized carbons (Fsp3) is 0. The van der Waals surface area contributed by atoms with Crippen molar-refractivity contribution in [3.8, 4) is 0 Å². The molecule has 0 bridgehead atoms. The summed E-state index contributed by atoms with van der Waals surface area (Å²) in [5.41, 5.74) is 0.762. The van der Waals surface area contributed by atoms with Gasteiger partial charge in [-0.15, -0.1) is 0 Å². The molecule has 17 heavy (non-hydrogen) atoms. The quantitative estimate of drug-likeness (QED) is 0.669. The molecule has 0 saturated heterocycles. The molecule has 2 aromatic rings. The monoisotopic (exact) mass is 264 g/mol. The maximum absolute atomic E-state index is 13.7. The Bertz CT molecular complexity index is 523. The van der Waals surface area contributed by atoms with Crippen molar-refractivity contribution in [2.24, 2.45) is 0 Å². The van der Waals surface area contributed by atoms with Gasteiger partial charge in [0.15, 0.2) is 5.16 Å². The first-order valence-electron chi connectivity index (χ1n) is 5.10. The van der Waals surface area contributed by atoms with Crippen molar-refractivity contribution >= 4 is 29.4 Å². The van der Waals surface area contributed by atoms with Crippen LogP contribution in [-0.2, 0) is 0 Å². The van der Waals surface area contributed by atoms with Crippen molar-refractivity contribution in [3.63, 3.8) is 0 Å². The van der Waals surface area contributed by atoms with Crippen molar-refractivity contribution in [2.45, 2.75) is 4.90 Å². The zero-order valence-corrected chi connectivity index (χ0v) is 10.5. The molecule has 0 spiro atoms. The highest BCUT2D eigenvalue weighted by atomic mass is 35.5. The first-order chi connectivity index (χ1) is 8.24. The number of rotatable bonds is 3. The fourth-order valence-corrected chi connectivity index (χ4v) is 2.27. The molecule has 0 fully saturated rings. The minimum atomic E-state index is -0.251. The molecule has 86 valence electrons. The zero-order valence-electron chi connectivity index (χ0n) is 8.94. The Labute approximate surface area is 109 Å². The van der Waals surface area contributed by atoms with Crippen LogP contribution in [0.1, 0.15) is 5.56 Å². The van der Waals surface area contributed by atoms with E-state index < -0.39 is 0 Å². The van der Waals surface area contributed by atoms with Crippen molar-refractivity contribution in [2.75, 3.05) is 0 Å². The number of halogens is 2. The lowest BCUT2D eigenvalue weighted by Gasteiger charge is -1.99. The topological polar surface area (TPSA) is 0 Å².